The molecule has 0 radical (unpaired) electrons. The van der Waals surface area contributed by atoms with Crippen molar-refractivity contribution < 1.29 is 9.47 Å². The monoisotopic (exact) mass is 396 g/mol. The molecule has 5 heteroatoms. The van der Waals surface area contributed by atoms with Gasteiger partial charge in [-0.05, 0) is 50.4 Å². The Hall–Kier alpha value is 0.230. The van der Waals surface area contributed by atoms with Crippen LogP contribution in [0.4, 0.5) is 0 Å². The van der Waals surface area contributed by atoms with E-state index < -0.39 is 0 Å². The molecule has 1 aliphatic rings. The zero-order valence-corrected chi connectivity index (χ0v) is 14.0. The van der Waals surface area contributed by atoms with Crippen molar-refractivity contribution in [2.45, 2.75) is 37.4 Å². The summed E-state index contributed by atoms with van der Waals surface area (Å²) in [6, 6.07) is 5.87. The van der Waals surface area contributed by atoms with E-state index in [0.717, 1.165) is 34.1 Å². The molecule has 0 saturated heterocycles. The van der Waals surface area contributed by atoms with Gasteiger partial charge in [-0.3, -0.25) is 0 Å². The van der Waals surface area contributed by atoms with Crippen LogP contribution in [0.15, 0.2) is 27.1 Å². The molecule has 100 valence electrons. The van der Waals surface area contributed by atoms with Gasteiger partial charge < -0.3 is 9.47 Å². The molecule has 1 aromatic rings. The van der Waals surface area contributed by atoms with Crippen molar-refractivity contribution in [1.29, 1.82) is 0 Å². The number of para-hydroxylation sites is 1. The zero-order valence-electron chi connectivity index (χ0n) is 10.0. The average Bonchev–Trinajstić information content (AvgIpc) is 2.33. The molecule has 0 aliphatic heterocycles. The quantitative estimate of drug-likeness (QED) is 0.666. The maximum absolute atomic E-state index is 6.16. The molecule has 0 bridgehead atoms. The van der Waals surface area contributed by atoms with Crippen molar-refractivity contribution in [2.24, 2.45) is 0 Å². The normalized spacial score (nSPS) is 26.8. The van der Waals surface area contributed by atoms with E-state index in [9.17, 15) is 0 Å². The van der Waals surface area contributed by atoms with E-state index in [-0.39, 0.29) is 17.6 Å². The molecule has 1 fully saturated rings. The Bertz CT molecular complexity index is 394. The Balaban J connectivity index is 2.01. The van der Waals surface area contributed by atoms with Crippen LogP contribution in [0, 0.1) is 0 Å². The molecule has 3 atom stereocenters. The summed E-state index contributed by atoms with van der Waals surface area (Å²) in [5.74, 6) is 0.816. The summed E-state index contributed by atoms with van der Waals surface area (Å²) in [4.78, 5) is 0. The van der Waals surface area contributed by atoms with Crippen molar-refractivity contribution in [3.63, 3.8) is 0 Å². The van der Waals surface area contributed by atoms with E-state index in [1.807, 2.05) is 18.2 Å². The first-order valence-corrected chi connectivity index (χ1v) is 8.02. The molecule has 1 aliphatic carbocycles. The van der Waals surface area contributed by atoms with E-state index >= 15 is 0 Å². The molecule has 0 aromatic heterocycles. The van der Waals surface area contributed by atoms with Crippen molar-refractivity contribution in [1.82, 2.24) is 0 Å². The number of ether oxygens (including phenoxy) is 2. The number of rotatable bonds is 5. The van der Waals surface area contributed by atoms with Crippen molar-refractivity contribution in [3.8, 4) is 5.75 Å². The first-order valence-electron chi connectivity index (χ1n) is 5.99. The van der Waals surface area contributed by atoms with E-state index in [0.29, 0.717) is 0 Å². The first kappa shape index (κ1) is 14.6. The lowest BCUT2D eigenvalue weighted by Gasteiger charge is -2.40. The smallest absolute Gasteiger partial charge is 0.148 e. The molecule has 1 aromatic carbocycles. The van der Waals surface area contributed by atoms with Crippen LogP contribution in [-0.2, 0) is 4.74 Å². The van der Waals surface area contributed by atoms with Gasteiger partial charge in [0.25, 0.3) is 0 Å². The number of halogens is 3. The fraction of sp³-hybridized carbons (Fsp3) is 0.538. The van der Waals surface area contributed by atoms with Crippen LogP contribution in [0.1, 0.15) is 19.8 Å². The highest BCUT2D eigenvalue weighted by atomic mass is 79.9. The Kier molecular flexibility index (Phi) is 5.36. The summed E-state index contributed by atoms with van der Waals surface area (Å²) in [6.07, 6.45) is 1.84. The predicted octanol–water partition coefficient (Wildman–Crippen LogP) is 4.77. The minimum Gasteiger partial charge on any atom is -0.485 e. The van der Waals surface area contributed by atoms with Gasteiger partial charge in [-0.25, -0.2) is 0 Å². The van der Waals surface area contributed by atoms with E-state index in [1.165, 1.54) is 0 Å². The molecule has 3 unspecified atom stereocenters. The minimum absolute atomic E-state index is 0.00868. The van der Waals surface area contributed by atoms with Gasteiger partial charge in [0.15, 0.2) is 0 Å². The highest BCUT2D eigenvalue weighted by Gasteiger charge is 2.43. The van der Waals surface area contributed by atoms with Gasteiger partial charge in [-0.2, -0.15) is 0 Å². The van der Waals surface area contributed by atoms with E-state index in [2.05, 4.69) is 38.8 Å². The topological polar surface area (TPSA) is 18.5 Å². The zero-order chi connectivity index (χ0) is 13.1. The predicted molar refractivity (Wildman–Crippen MR) is 80.5 cm³/mol. The highest BCUT2D eigenvalue weighted by Crippen LogP contribution is 2.39. The fourth-order valence-corrected chi connectivity index (χ4v) is 3.45. The summed E-state index contributed by atoms with van der Waals surface area (Å²) in [5, 5.41) is 0.0582. The van der Waals surface area contributed by atoms with Crippen molar-refractivity contribution in [3.05, 3.63) is 27.1 Å². The lowest BCUT2D eigenvalue weighted by atomic mass is 9.91. The van der Waals surface area contributed by atoms with Gasteiger partial charge in [0.05, 0.1) is 14.3 Å². The summed E-state index contributed by atoms with van der Waals surface area (Å²) in [6.45, 7) is 2.81. The van der Waals surface area contributed by atoms with E-state index in [1.54, 1.807) is 0 Å². The maximum Gasteiger partial charge on any atom is 0.148 e. The molecule has 2 nitrogen and oxygen atoms in total. The summed E-state index contributed by atoms with van der Waals surface area (Å²) < 4.78 is 13.6. The van der Waals surface area contributed by atoms with Crippen LogP contribution in [0.3, 0.4) is 0 Å². The third-order valence-corrected chi connectivity index (χ3v) is 4.56. The molecule has 0 N–H and O–H groups in total. The van der Waals surface area contributed by atoms with Crippen LogP contribution in [0.2, 0.25) is 0 Å². The number of hydrogen-bond acceptors (Lipinski definition) is 2. The number of alkyl halides is 1. The first-order chi connectivity index (χ1) is 8.63. The van der Waals surface area contributed by atoms with Crippen molar-refractivity contribution >= 4 is 43.5 Å². The standard InChI is InChI=1S/C13H15Br2ClO2/c1-2-6-17-13-10(16)7-11(13)18-12-8(14)4-3-5-9(12)15/h3-5,10-11,13H,2,6-7H2,1H3. The minimum atomic E-state index is -0.00868. The maximum atomic E-state index is 6.16. The van der Waals surface area contributed by atoms with Crippen LogP contribution in [0.5, 0.6) is 5.75 Å². The third-order valence-electron chi connectivity index (χ3n) is 2.88. The number of hydrogen-bond donors (Lipinski definition) is 0. The van der Waals surface area contributed by atoms with Crippen LogP contribution < -0.4 is 4.74 Å². The molecular formula is C13H15Br2ClO2. The van der Waals surface area contributed by atoms with Crippen molar-refractivity contribution in [2.75, 3.05) is 6.61 Å². The highest BCUT2D eigenvalue weighted by molar-refractivity contribution is 9.11. The molecule has 1 saturated carbocycles. The van der Waals surface area contributed by atoms with Gasteiger partial charge in [0.2, 0.25) is 0 Å². The molecular weight excluding hydrogens is 383 g/mol. The molecule has 0 heterocycles. The SMILES string of the molecule is CCCOC1C(Cl)CC1Oc1c(Br)cccc1Br. The second-order valence-corrected chi connectivity index (χ2v) is 6.56. The summed E-state index contributed by atoms with van der Waals surface area (Å²) >= 11 is 13.1. The Morgan fingerprint density at radius 3 is 2.56 bits per heavy atom. The second-order valence-electron chi connectivity index (χ2n) is 4.29. The van der Waals surface area contributed by atoms with Gasteiger partial charge in [0, 0.05) is 13.0 Å². The molecule has 0 amide bonds. The summed E-state index contributed by atoms with van der Waals surface area (Å²) in [5.41, 5.74) is 0. The van der Waals surface area contributed by atoms with Gasteiger partial charge >= 0.3 is 0 Å². The largest absolute Gasteiger partial charge is 0.485 e. The number of benzene rings is 1. The van der Waals surface area contributed by atoms with E-state index in [4.69, 9.17) is 21.1 Å². The van der Waals surface area contributed by atoms with Crippen LogP contribution >= 0.6 is 43.5 Å². The average molecular weight is 399 g/mol. The Labute approximate surface area is 129 Å². The Morgan fingerprint density at radius 1 is 1.33 bits per heavy atom. The Morgan fingerprint density at radius 2 is 2.00 bits per heavy atom. The lowest BCUT2D eigenvalue weighted by Crippen LogP contribution is -2.52. The third kappa shape index (κ3) is 3.21. The lowest BCUT2D eigenvalue weighted by molar-refractivity contribution is -0.0802. The van der Waals surface area contributed by atoms with Gasteiger partial charge in [-0.15, -0.1) is 11.6 Å². The second kappa shape index (κ2) is 6.60. The fourth-order valence-electron chi connectivity index (χ4n) is 1.85. The molecule has 2 rings (SSSR count). The molecule has 18 heavy (non-hydrogen) atoms. The van der Waals surface area contributed by atoms with Crippen LogP contribution in [0.25, 0.3) is 0 Å². The summed E-state index contributed by atoms with van der Waals surface area (Å²) in [7, 11) is 0. The van der Waals surface area contributed by atoms with Crippen LogP contribution in [-0.4, -0.2) is 24.2 Å². The molecule has 0 spiro atoms. The van der Waals surface area contributed by atoms with Gasteiger partial charge in [0.1, 0.15) is 18.0 Å². The van der Waals surface area contributed by atoms with Gasteiger partial charge in [-0.1, -0.05) is 13.0 Å².